The molecule has 0 saturated carbocycles. The Kier molecular flexibility index (Phi) is 6.15. The first kappa shape index (κ1) is 21.8. The summed E-state index contributed by atoms with van der Waals surface area (Å²) in [6.07, 6.45) is 4.52. The average molecular weight is 459 g/mol. The van der Waals surface area contributed by atoms with Gasteiger partial charge in [-0.3, -0.25) is 19.5 Å². The van der Waals surface area contributed by atoms with Gasteiger partial charge >= 0.3 is 0 Å². The Labute approximate surface area is 181 Å². The molecule has 1 unspecified atom stereocenters. The lowest BCUT2D eigenvalue weighted by molar-refractivity contribution is -0.712. The quantitative estimate of drug-likeness (QED) is 0.299. The third kappa shape index (κ3) is 5.45. The predicted molar refractivity (Wildman–Crippen MR) is 108 cm³/mol. The van der Waals surface area contributed by atoms with Crippen LogP contribution in [0.15, 0.2) is 65.6 Å². The monoisotopic (exact) mass is 459 g/mol. The molecule has 0 aliphatic carbocycles. The second-order valence-electron chi connectivity index (χ2n) is 7.04. The third-order valence-corrected chi connectivity index (χ3v) is 5.09. The molecule has 0 spiro atoms. The number of nitrogens with two attached hydrogens (primary N) is 1. The van der Waals surface area contributed by atoms with E-state index >= 15 is 0 Å². The van der Waals surface area contributed by atoms with Gasteiger partial charge in [0, 0.05) is 12.5 Å². The molecule has 0 bridgehead atoms. The summed E-state index contributed by atoms with van der Waals surface area (Å²) >= 11 is 0. The van der Waals surface area contributed by atoms with E-state index in [1.807, 2.05) is 24.3 Å². The van der Waals surface area contributed by atoms with Crippen LogP contribution in [0, 0.1) is 5.82 Å². The van der Waals surface area contributed by atoms with Crippen LogP contribution in [-0.4, -0.2) is 19.8 Å². The number of hydrogen-bond donors (Lipinski definition) is 2. The maximum Gasteiger partial charge on any atom is 0.285 e. The van der Waals surface area contributed by atoms with Crippen LogP contribution < -0.4 is 15.2 Å². The summed E-state index contributed by atoms with van der Waals surface area (Å²) in [6, 6.07) is 12.8. The van der Waals surface area contributed by atoms with Crippen molar-refractivity contribution >= 4 is 13.6 Å². The molecule has 0 aliphatic heterocycles. The van der Waals surface area contributed by atoms with E-state index < -0.39 is 14.6 Å². The summed E-state index contributed by atoms with van der Waals surface area (Å²) in [7, 11) is -4.88. The van der Waals surface area contributed by atoms with Crippen LogP contribution >= 0.6 is 7.82 Å². The van der Waals surface area contributed by atoms with Crippen LogP contribution in [0.2, 0.25) is 0 Å². The average Bonchev–Trinajstić information content (AvgIpc) is 3.37. The molecule has 3 aromatic heterocycles. The van der Waals surface area contributed by atoms with Crippen LogP contribution in [0.4, 0.5) is 10.2 Å². The molecule has 0 amide bonds. The van der Waals surface area contributed by atoms with Crippen LogP contribution in [0.25, 0.3) is 11.3 Å². The number of phosphoric ester groups is 1. The Balaban J connectivity index is 1.44. The number of halogens is 1. The van der Waals surface area contributed by atoms with E-state index in [9.17, 15) is 13.8 Å². The summed E-state index contributed by atoms with van der Waals surface area (Å²) in [5.74, 6) is 0.209. The lowest BCUT2D eigenvalue weighted by Gasteiger charge is -2.14. The SMILES string of the molecule is Nc1c(-c2cc(Cc3ccc(Cn4cc(F)cn4)cc3)no2)ccc[n+]1COP(=O)([O-])O. The van der Waals surface area contributed by atoms with Crippen molar-refractivity contribution in [3.8, 4) is 11.3 Å². The minimum absolute atomic E-state index is 0.183. The van der Waals surface area contributed by atoms with E-state index in [-0.39, 0.29) is 11.6 Å². The Hall–Kier alpha value is -3.37. The van der Waals surface area contributed by atoms with Gasteiger partial charge in [0.1, 0.15) is 5.56 Å². The summed E-state index contributed by atoms with van der Waals surface area (Å²) in [5.41, 5.74) is 9.23. The van der Waals surface area contributed by atoms with E-state index in [0.29, 0.717) is 30.0 Å². The van der Waals surface area contributed by atoms with E-state index in [1.165, 1.54) is 27.8 Å². The zero-order valence-electron chi connectivity index (χ0n) is 16.7. The molecular formula is C20H19FN5O5P. The smallest absolute Gasteiger partial charge is 0.285 e. The third-order valence-electron chi connectivity index (χ3n) is 4.65. The highest BCUT2D eigenvalue weighted by atomic mass is 31.2. The van der Waals surface area contributed by atoms with Gasteiger partial charge in [-0.2, -0.15) is 5.10 Å². The number of anilines is 1. The molecule has 32 heavy (non-hydrogen) atoms. The molecular weight excluding hydrogens is 440 g/mol. The number of pyridine rings is 1. The summed E-state index contributed by atoms with van der Waals surface area (Å²) in [4.78, 5) is 19.6. The molecule has 3 N–H and O–H groups in total. The highest BCUT2D eigenvalue weighted by Crippen LogP contribution is 2.30. The zero-order chi connectivity index (χ0) is 22.7. The van der Waals surface area contributed by atoms with E-state index in [4.69, 9.17) is 15.2 Å². The summed E-state index contributed by atoms with van der Waals surface area (Å²) < 4.78 is 36.5. The molecule has 1 aromatic carbocycles. The fraction of sp³-hybridized carbons (Fsp3) is 0.150. The highest BCUT2D eigenvalue weighted by Gasteiger charge is 2.18. The number of nitrogens with zero attached hydrogens (tertiary/aromatic N) is 4. The van der Waals surface area contributed by atoms with Gasteiger partial charge in [0.05, 0.1) is 30.8 Å². The largest absolute Gasteiger partial charge is 0.756 e. The van der Waals surface area contributed by atoms with Crippen molar-refractivity contribution < 1.29 is 32.4 Å². The van der Waals surface area contributed by atoms with Crippen LogP contribution in [0.1, 0.15) is 16.8 Å². The van der Waals surface area contributed by atoms with Gasteiger partial charge < -0.3 is 14.3 Å². The maximum absolute atomic E-state index is 13.0. The second-order valence-corrected chi connectivity index (χ2v) is 8.23. The fourth-order valence-electron chi connectivity index (χ4n) is 3.13. The van der Waals surface area contributed by atoms with Gasteiger partial charge in [-0.15, -0.1) is 0 Å². The molecule has 0 radical (unpaired) electrons. The number of benzene rings is 1. The van der Waals surface area contributed by atoms with E-state index in [2.05, 4.69) is 14.8 Å². The van der Waals surface area contributed by atoms with Gasteiger partial charge in [-0.05, 0) is 23.3 Å². The van der Waals surface area contributed by atoms with Gasteiger partial charge in [-0.25, -0.2) is 8.96 Å². The standard InChI is InChI=1S/C20H19FN5O5P/c21-16-10-23-26(12-16)11-15-5-3-14(4-6-15)8-17-9-19(31-24-17)18-2-1-7-25(20(18)22)13-30-32(27,28)29/h1-7,9-10,12,22H,8,11,13H2,(H2,27,28,29). The molecule has 0 aliphatic rings. The lowest BCUT2D eigenvalue weighted by atomic mass is 10.1. The topological polar surface area (TPSA) is 143 Å². The van der Waals surface area contributed by atoms with Gasteiger partial charge in [0.15, 0.2) is 18.3 Å². The molecule has 4 aromatic rings. The zero-order valence-corrected chi connectivity index (χ0v) is 17.6. The first-order valence-corrected chi connectivity index (χ1v) is 10.9. The fourth-order valence-corrected chi connectivity index (χ4v) is 3.40. The highest BCUT2D eigenvalue weighted by molar-refractivity contribution is 7.44. The molecule has 10 nitrogen and oxygen atoms in total. The minimum Gasteiger partial charge on any atom is -0.756 e. The second kappa shape index (κ2) is 9.01. The van der Waals surface area contributed by atoms with E-state index in [0.717, 1.165) is 11.1 Å². The molecule has 3 heterocycles. The van der Waals surface area contributed by atoms with Gasteiger partial charge in [0.2, 0.25) is 0 Å². The van der Waals surface area contributed by atoms with Crippen LogP contribution in [-0.2, 0) is 28.8 Å². The van der Waals surface area contributed by atoms with Crippen molar-refractivity contribution in [3.63, 3.8) is 0 Å². The van der Waals surface area contributed by atoms with Crippen LogP contribution in [0.5, 0.6) is 0 Å². The van der Waals surface area contributed by atoms with Crippen molar-refractivity contribution in [1.29, 1.82) is 0 Å². The van der Waals surface area contributed by atoms with Crippen LogP contribution in [0.3, 0.4) is 0 Å². The molecule has 0 fully saturated rings. The Bertz CT molecular complexity index is 1270. The summed E-state index contributed by atoms with van der Waals surface area (Å²) in [6.45, 7) is -0.0111. The van der Waals surface area contributed by atoms with Gasteiger partial charge in [-0.1, -0.05) is 29.4 Å². The molecule has 12 heteroatoms. The number of aromatic nitrogens is 4. The van der Waals surface area contributed by atoms with E-state index in [1.54, 1.807) is 18.2 Å². The van der Waals surface area contributed by atoms with Crippen molar-refractivity contribution in [2.75, 3.05) is 5.73 Å². The Morgan fingerprint density at radius 2 is 2.03 bits per heavy atom. The predicted octanol–water partition coefficient (Wildman–Crippen LogP) is 1.62. The first-order valence-electron chi connectivity index (χ1n) is 9.45. The molecule has 4 rings (SSSR count). The number of nitrogen functional groups attached to an aromatic ring is 1. The van der Waals surface area contributed by atoms with Crippen molar-refractivity contribution in [2.24, 2.45) is 0 Å². The Morgan fingerprint density at radius 3 is 2.72 bits per heavy atom. The molecule has 0 saturated heterocycles. The van der Waals surface area contributed by atoms with Crippen molar-refractivity contribution in [3.05, 3.63) is 83.7 Å². The maximum atomic E-state index is 13.0. The number of rotatable bonds is 8. The Morgan fingerprint density at radius 1 is 1.28 bits per heavy atom. The molecule has 1 atom stereocenters. The summed E-state index contributed by atoms with van der Waals surface area (Å²) in [5, 5.41) is 8.00. The first-order chi connectivity index (χ1) is 15.3. The number of hydrogen-bond acceptors (Lipinski definition) is 7. The number of phosphoric acid groups is 1. The lowest BCUT2D eigenvalue weighted by Crippen LogP contribution is -2.38. The van der Waals surface area contributed by atoms with Crippen molar-refractivity contribution in [2.45, 2.75) is 19.7 Å². The minimum atomic E-state index is -4.88. The normalized spacial score (nSPS) is 13.2. The van der Waals surface area contributed by atoms with Gasteiger partial charge in [0.25, 0.3) is 13.6 Å². The van der Waals surface area contributed by atoms with Crippen molar-refractivity contribution in [1.82, 2.24) is 14.9 Å². The molecule has 166 valence electrons.